The SMILES string of the molecule is Cc1ccc(SCCC(=O)OCc2ncc(-c3ccc(F)cc3)o2)cc1. The molecule has 0 spiro atoms. The molecule has 0 saturated heterocycles. The number of carbonyl (C=O) groups excluding carboxylic acids is 1. The fourth-order valence-electron chi connectivity index (χ4n) is 2.23. The molecule has 3 rings (SSSR count). The minimum atomic E-state index is -0.314. The number of aromatic nitrogens is 1. The van der Waals surface area contributed by atoms with Crippen LogP contribution in [0.15, 0.2) is 64.0 Å². The van der Waals surface area contributed by atoms with Gasteiger partial charge in [-0.2, -0.15) is 0 Å². The first kappa shape index (κ1) is 18.2. The lowest BCUT2D eigenvalue weighted by Crippen LogP contribution is -2.05. The van der Waals surface area contributed by atoms with Gasteiger partial charge in [-0.3, -0.25) is 4.79 Å². The molecule has 1 aromatic heterocycles. The number of carbonyl (C=O) groups is 1. The van der Waals surface area contributed by atoms with Crippen LogP contribution in [0.5, 0.6) is 0 Å². The van der Waals surface area contributed by atoms with Gasteiger partial charge in [-0.05, 0) is 43.3 Å². The van der Waals surface area contributed by atoms with Gasteiger partial charge in [0.25, 0.3) is 0 Å². The molecule has 0 aliphatic heterocycles. The summed E-state index contributed by atoms with van der Waals surface area (Å²) in [6, 6.07) is 14.1. The van der Waals surface area contributed by atoms with Gasteiger partial charge in [-0.1, -0.05) is 17.7 Å². The van der Waals surface area contributed by atoms with Gasteiger partial charge in [0.05, 0.1) is 12.6 Å². The van der Waals surface area contributed by atoms with Crippen LogP contribution in [0.25, 0.3) is 11.3 Å². The van der Waals surface area contributed by atoms with Crippen LogP contribution in [0.3, 0.4) is 0 Å². The lowest BCUT2D eigenvalue weighted by Gasteiger charge is -2.03. The van der Waals surface area contributed by atoms with Crippen LogP contribution in [-0.2, 0) is 16.1 Å². The molecule has 0 N–H and O–H groups in total. The maximum Gasteiger partial charge on any atom is 0.307 e. The Hall–Kier alpha value is -2.60. The number of rotatable bonds is 7. The van der Waals surface area contributed by atoms with E-state index in [4.69, 9.17) is 9.15 Å². The molecule has 0 bridgehead atoms. The molecular formula is C20H18FNO3S. The standard InChI is InChI=1S/C20H18FNO3S/c1-14-2-8-17(9-3-14)26-11-10-20(23)24-13-19-22-12-18(25-19)15-4-6-16(21)7-5-15/h2-9,12H,10-11,13H2,1H3. The van der Waals surface area contributed by atoms with E-state index in [0.717, 1.165) is 4.90 Å². The van der Waals surface area contributed by atoms with E-state index in [0.29, 0.717) is 29.4 Å². The van der Waals surface area contributed by atoms with Crippen molar-refractivity contribution in [3.8, 4) is 11.3 Å². The summed E-state index contributed by atoms with van der Waals surface area (Å²) in [5.41, 5.74) is 1.92. The summed E-state index contributed by atoms with van der Waals surface area (Å²) in [6.07, 6.45) is 1.84. The molecule has 0 fully saturated rings. The van der Waals surface area contributed by atoms with Gasteiger partial charge in [0.2, 0.25) is 5.89 Å². The second-order valence-electron chi connectivity index (χ2n) is 5.70. The Morgan fingerprint density at radius 1 is 1.15 bits per heavy atom. The van der Waals surface area contributed by atoms with Crippen molar-refractivity contribution in [2.45, 2.75) is 24.8 Å². The normalized spacial score (nSPS) is 10.7. The Labute approximate surface area is 155 Å². The first-order valence-corrected chi connectivity index (χ1v) is 9.14. The highest BCUT2D eigenvalue weighted by Gasteiger charge is 2.10. The number of halogens is 1. The van der Waals surface area contributed by atoms with Crippen molar-refractivity contribution in [1.82, 2.24) is 4.98 Å². The maximum atomic E-state index is 12.9. The van der Waals surface area contributed by atoms with Gasteiger partial charge < -0.3 is 9.15 Å². The summed E-state index contributed by atoms with van der Waals surface area (Å²) < 4.78 is 23.7. The van der Waals surface area contributed by atoms with Crippen LogP contribution in [0.4, 0.5) is 4.39 Å². The maximum absolute atomic E-state index is 12.9. The molecule has 0 unspecified atom stereocenters. The molecular weight excluding hydrogens is 353 g/mol. The second kappa shape index (κ2) is 8.67. The van der Waals surface area contributed by atoms with E-state index in [1.807, 2.05) is 31.2 Å². The van der Waals surface area contributed by atoms with E-state index in [1.165, 1.54) is 23.9 Å². The zero-order valence-electron chi connectivity index (χ0n) is 14.3. The largest absolute Gasteiger partial charge is 0.456 e. The van der Waals surface area contributed by atoms with Crippen LogP contribution in [-0.4, -0.2) is 16.7 Å². The van der Waals surface area contributed by atoms with Gasteiger partial charge in [-0.25, -0.2) is 9.37 Å². The van der Waals surface area contributed by atoms with E-state index in [2.05, 4.69) is 4.98 Å². The molecule has 1 heterocycles. The highest BCUT2D eigenvalue weighted by Crippen LogP contribution is 2.21. The molecule has 26 heavy (non-hydrogen) atoms. The quantitative estimate of drug-likeness (QED) is 0.431. The van der Waals surface area contributed by atoms with Gasteiger partial charge in [0.15, 0.2) is 12.4 Å². The molecule has 0 amide bonds. The summed E-state index contributed by atoms with van der Waals surface area (Å²) in [7, 11) is 0. The van der Waals surface area contributed by atoms with Crippen LogP contribution in [0.1, 0.15) is 17.9 Å². The topological polar surface area (TPSA) is 52.3 Å². The Balaban J connectivity index is 1.43. The van der Waals surface area contributed by atoms with E-state index >= 15 is 0 Å². The van der Waals surface area contributed by atoms with Crippen LogP contribution >= 0.6 is 11.8 Å². The van der Waals surface area contributed by atoms with Crippen molar-refractivity contribution in [2.75, 3.05) is 5.75 Å². The number of esters is 1. The summed E-state index contributed by atoms with van der Waals surface area (Å²) in [5, 5.41) is 0. The van der Waals surface area contributed by atoms with Crippen molar-refractivity contribution < 1.29 is 18.3 Å². The monoisotopic (exact) mass is 371 g/mol. The molecule has 0 radical (unpaired) electrons. The number of benzene rings is 2. The van der Waals surface area contributed by atoms with E-state index in [-0.39, 0.29) is 18.4 Å². The minimum Gasteiger partial charge on any atom is -0.456 e. The van der Waals surface area contributed by atoms with Crippen molar-refractivity contribution in [1.29, 1.82) is 0 Å². The zero-order chi connectivity index (χ0) is 18.4. The number of hydrogen-bond acceptors (Lipinski definition) is 5. The molecule has 4 nitrogen and oxygen atoms in total. The smallest absolute Gasteiger partial charge is 0.307 e. The van der Waals surface area contributed by atoms with Crippen LogP contribution < -0.4 is 0 Å². The number of oxazole rings is 1. The molecule has 0 aliphatic rings. The molecule has 134 valence electrons. The predicted octanol–water partition coefficient (Wildman–Crippen LogP) is 5.01. The van der Waals surface area contributed by atoms with Crippen molar-refractivity contribution in [2.24, 2.45) is 0 Å². The highest BCUT2D eigenvalue weighted by molar-refractivity contribution is 7.99. The molecule has 3 aromatic rings. The zero-order valence-corrected chi connectivity index (χ0v) is 15.1. The minimum absolute atomic E-state index is 0.0186. The van der Waals surface area contributed by atoms with Crippen LogP contribution in [0, 0.1) is 12.7 Å². The Morgan fingerprint density at radius 2 is 1.88 bits per heavy atom. The number of hydrogen-bond donors (Lipinski definition) is 0. The fraction of sp³-hybridized carbons (Fsp3) is 0.200. The third-order valence-electron chi connectivity index (χ3n) is 3.63. The average molecular weight is 371 g/mol. The second-order valence-corrected chi connectivity index (χ2v) is 6.87. The number of nitrogens with zero attached hydrogens (tertiary/aromatic N) is 1. The third kappa shape index (κ3) is 5.20. The fourth-order valence-corrected chi connectivity index (χ4v) is 3.06. The third-order valence-corrected chi connectivity index (χ3v) is 4.65. The molecule has 6 heteroatoms. The Morgan fingerprint density at radius 3 is 2.62 bits per heavy atom. The summed E-state index contributed by atoms with van der Waals surface area (Å²) >= 11 is 1.61. The lowest BCUT2D eigenvalue weighted by molar-refractivity contribution is -0.145. The van der Waals surface area contributed by atoms with Crippen molar-refractivity contribution in [3.63, 3.8) is 0 Å². The van der Waals surface area contributed by atoms with Gasteiger partial charge in [0, 0.05) is 16.2 Å². The van der Waals surface area contributed by atoms with Crippen molar-refractivity contribution >= 4 is 17.7 Å². The number of thioether (sulfide) groups is 1. The van der Waals surface area contributed by atoms with Gasteiger partial charge in [-0.15, -0.1) is 11.8 Å². The van der Waals surface area contributed by atoms with Crippen molar-refractivity contribution in [3.05, 3.63) is 72.0 Å². The highest BCUT2D eigenvalue weighted by atomic mass is 32.2. The molecule has 0 aliphatic carbocycles. The first-order chi connectivity index (χ1) is 12.6. The number of ether oxygens (including phenoxy) is 1. The summed E-state index contributed by atoms with van der Waals surface area (Å²) in [4.78, 5) is 17.0. The number of aryl methyl sites for hydroxylation is 1. The summed E-state index contributed by atoms with van der Waals surface area (Å²) in [6.45, 7) is 2.02. The molecule has 0 saturated carbocycles. The lowest BCUT2D eigenvalue weighted by atomic mass is 10.2. The van der Waals surface area contributed by atoms with Gasteiger partial charge in [0.1, 0.15) is 5.82 Å². The predicted molar refractivity (Wildman–Crippen MR) is 98.2 cm³/mol. The average Bonchev–Trinajstić information content (AvgIpc) is 3.11. The van der Waals surface area contributed by atoms with Gasteiger partial charge >= 0.3 is 5.97 Å². The first-order valence-electron chi connectivity index (χ1n) is 8.16. The molecule has 2 aromatic carbocycles. The molecule has 0 atom stereocenters. The van der Waals surface area contributed by atoms with E-state index < -0.39 is 0 Å². The Kier molecular flexibility index (Phi) is 6.07. The summed E-state index contributed by atoms with van der Waals surface area (Å²) in [5.74, 6) is 0.848. The Bertz CT molecular complexity index is 860. The van der Waals surface area contributed by atoms with Crippen LogP contribution in [0.2, 0.25) is 0 Å². The van der Waals surface area contributed by atoms with E-state index in [9.17, 15) is 9.18 Å². The van der Waals surface area contributed by atoms with E-state index in [1.54, 1.807) is 23.9 Å².